The van der Waals surface area contributed by atoms with Crippen LogP contribution in [0, 0.1) is 11.3 Å². The standard InChI is InChI=1S/C37H37N7O5/c1-40(2)37(48)49-30-17-15-26(16-18-30)21-32-35(46)41(23-29-13-8-12-28-11-6-7-14-31(28)29)24-33-43(25-34(45)44(32)33)42(20-19-38)36(47)39-22-27-9-4-3-5-10-27/h3-18,32-33H,20-25H2,1-2H3,(H,39,47)/t32-,33+/m0/s1. The van der Waals surface area contributed by atoms with Crippen LogP contribution in [0.25, 0.3) is 10.8 Å². The molecule has 4 aromatic rings. The van der Waals surface area contributed by atoms with Crippen LogP contribution < -0.4 is 10.1 Å². The fourth-order valence-corrected chi connectivity index (χ4v) is 6.35. The monoisotopic (exact) mass is 659 g/mol. The van der Waals surface area contributed by atoms with Gasteiger partial charge in [0, 0.05) is 33.6 Å². The van der Waals surface area contributed by atoms with E-state index in [9.17, 15) is 24.4 Å². The van der Waals surface area contributed by atoms with Gasteiger partial charge in [0.05, 0.1) is 19.2 Å². The summed E-state index contributed by atoms with van der Waals surface area (Å²) in [6.45, 7) is 0.216. The Morgan fingerprint density at radius 1 is 0.918 bits per heavy atom. The van der Waals surface area contributed by atoms with Gasteiger partial charge in [-0.3, -0.25) is 9.59 Å². The molecule has 5 amide bonds. The molecule has 0 aromatic heterocycles. The molecule has 250 valence electrons. The van der Waals surface area contributed by atoms with Gasteiger partial charge in [0.15, 0.2) is 0 Å². The highest BCUT2D eigenvalue weighted by Crippen LogP contribution is 2.31. The molecule has 0 spiro atoms. The average Bonchev–Trinajstić information content (AvgIpc) is 3.44. The van der Waals surface area contributed by atoms with Crippen molar-refractivity contribution in [2.24, 2.45) is 0 Å². The van der Waals surface area contributed by atoms with Crippen molar-refractivity contribution >= 4 is 34.7 Å². The fourth-order valence-electron chi connectivity index (χ4n) is 6.35. The Kier molecular flexibility index (Phi) is 9.73. The number of carbonyl (C=O) groups excluding carboxylic acids is 4. The lowest BCUT2D eigenvalue weighted by Gasteiger charge is -2.46. The van der Waals surface area contributed by atoms with Crippen molar-refractivity contribution < 1.29 is 23.9 Å². The number of rotatable bonds is 9. The minimum atomic E-state index is -0.877. The second-order valence-electron chi connectivity index (χ2n) is 12.2. The van der Waals surface area contributed by atoms with Crippen molar-refractivity contribution in [3.8, 4) is 11.8 Å². The Hall–Kier alpha value is -5.93. The zero-order valence-electron chi connectivity index (χ0n) is 27.4. The van der Waals surface area contributed by atoms with Gasteiger partial charge in [0.2, 0.25) is 11.8 Å². The zero-order valence-corrected chi connectivity index (χ0v) is 27.4. The minimum absolute atomic E-state index is 0.137. The van der Waals surface area contributed by atoms with Gasteiger partial charge in [-0.2, -0.15) is 10.3 Å². The second-order valence-corrected chi connectivity index (χ2v) is 12.2. The van der Waals surface area contributed by atoms with E-state index in [4.69, 9.17) is 4.74 Å². The largest absolute Gasteiger partial charge is 0.414 e. The molecule has 0 aliphatic carbocycles. The number of ether oxygens (including phenoxy) is 1. The Balaban J connectivity index is 1.30. The summed E-state index contributed by atoms with van der Waals surface area (Å²) in [5.41, 5.74) is 2.60. The van der Waals surface area contributed by atoms with Gasteiger partial charge in [-0.25, -0.2) is 14.6 Å². The highest BCUT2D eigenvalue weighted by Gasteiger charge is 2.52. The highest BCUT2D eigenvalue weighted by atomic mass is 16.6. The third kappa shape index (κ3) is 7.17. The van der Waals surface area contributed by atoms with Crippen molar-refractivity contribution in [3.05, 3.63) is 114 Å². The first-order chi connectivity index (χ1) is 23.7. The number of hydrazine groups is 1. The molecule has 12 nitrogen and oxygen atoms in total. The van der Waals surface area contributed by atoms with Crippen LogP contribution in [0.3, 0.4) is 0 Å². The summed E-state index contributed by atoms with van der Waals surface area (Å²) >= 11 is 0. The molecular weight excluding hydrogens is 622 g/mol. The number of urea groups is 1. The Morgan fingerprint density at radius 3 is 2.37 bits per heavy atom. The molecule has 4 aromatic carbocycles. The van der Waals surface area contributed by atoms with Crippen LogP contribution in [0.1, 0.15) is 16.7 Å². The fraction of sp³-hybridized carbons (Fsp3) is 0.270. The SMILES string of the molecule is CN(C)C(=O)Oc1ccc(C[C@H]2C(=O)N(Cc3cccc4ccccc34)C[C@H]3N2C(=O)CN3N(CC#N)C(=O)NCc2ccccc2)cc1. The van der Waals surface area contributed by atoms with Gasteiger partial charge in [0.25, 0.3) is 0 Å². The zero-order chi connectivity index (χ0) is 34.5. The van der Waals surface area contributed by atoms with Crippen LogP contribution in [0.4, 0.5) is 9.59 Å². The van der Waals surface area contributed by atoms with Crippen molar-refractivity contribution in [3.63, 3.8) is 0 Å². The second kappa shape index (κ2) is 14.5. The first-order valence-corrected chi connectivity index (χ1v) is 16.0. The summed E-state index contributed by atoms with van der Waals surface area (Å²) < 4.78 is 5.35. The van der Waals surface area contributed by atoms with Crippen LogP contribution in [0.2, 0.25) is 0 Å². The number of nitrogens with zero attached hydrogens (tertiary/aromatic N) is 6. The minimum Gasteiger partial charge on any atom is -0.410 e. The van der Waals surface area contributed by atoms with Crippen LogP contribution in [0.5, 0.6) is 5.75 Å². The number of hydrogen-bond acceptors (Lipinski definition) is 7. The number of piperazine rings is 1. The number of hydrogen-bond donors (Lipinski definition) is 1. The molecule has 2 aliphatic heterocycles. The lowest BCUT2D eigenvalue weighted by Crippen LogP contribution is -2.66. The summed E-state index contributed by atoms with van der Waals surface area (Å²) in [5, 5.41) is 17.5. The Bertz CT molecular complexity index is 1890. The van der Waals surface area contributed by atoms with Crippen LogP contribution in [-0.4, -0.2) is 94.6 Å². The van der Waals surface area contributed by atoms with E-state index in [1.54, 1.807) is 53.2 Å². The van der Waals surface area contributed by atoms with Gasteiger partial charge in [-0.05, 0) is 39.6 Å². The predicted molar refractivity (Wildman–Crippen MR) is 181 cm³/mol. The van der Waals surface area contributed by atoms with E-state index in [1.807, 2.05) is 72.8 Å². The summed E-state index contributed by atoms with van der Waals surface area (Å²) in [7, 11) is 3.18. The smallest absolute Gasteiger partial charge is 0.410 e. The van der Waals surface area contributed by atoms with Gasteiger partial charge >= 0.3 is 12.1 Å². The van der Waals surface area contributed by atoms with Crippen molar-refractivity contribution in [2.45, 2.75) is 31.7 Å². The van der Waals surface area contributed by atoms with E-state index in [1.165, 1.54) is 9.91 Å². The summed E-state index contributed by atoms with van der Waals surface area (Å²) in [6.07, 6.45) is -1.01. The normalized spacial score (nSPS) is 17.4. The number of fused-ring (bicyclic) bond motifs is 2. The van der Waals surface area contributed by atoms with Gasteiger partial charge in [0.1, 0.15) is 24.5 Å². The van der Waals surface area contributed by atoms with Gasteiger partial charge in [-0.1, -0.05) is 84.9 Å². The van der Waals surface area contributed by atoms with Crippen LogP contribution in [-0.2, 0) is 29.1 Å². The molecule has 2 heterocycles. The molecule has 2 atom stereocenters. The van der Waals surface area contributed by atoms with Gasteiger partial charge < -0.3 is 24.8 Å². The van der Waals surface area contributed by atoms with Crippen molar-refractivity contribution in [1.29, 1.82) is 5.26 Å². The number of benzene rings is 4. The van der Waals surface area contributed by atoms with E-state index in [-0.39, 0.29) is 44.4 Å². The maximum Gasteiger partial charge on any atom is 0.414 e. The van der Waals surface area contributed by atoms with E-state index in [0.29, 0.717) is 12.3 Å². The Morgan fingerprint density at radius 2 is 1.63 bits per heavy atom. The first-order valence-electron chi connectivity index (χ1n) is 16.0. The molecule has 1 N–H and O–H groups in total. The molecule has 0 unspecified atom stereocenters. The molecule has 0 saturated carbocycles. The number of nitriles is 1. The Labute approximate surface area is 284 Å². The molecule has 2 aliphatic rings. The van der Waals surface area contributed by atoms with E-state index in [2.05, 4.69) is 11.4 Å². The topological polar surface area (TPSA) is 130 Å². The quantitative estimate of drug-likeness (QED) is 0.269. The molecule has 0 bridgehead atoms. The predicted octanol–water partition coefficient (Wildman–Crippen LogP) is 3.97. The number of carbonyl (C=O) groups is 4. The molecule has 49 heavy (non-hydrogen) atoms. The molecule has 0 radical (unpaired) electrons. The van der Waals surface area contributed by atoms with Gasteiger partial charge in [-0.15, -0.1) is 0 Å². The molecule has 2 saturated heterocycles. The van der Waals surface area contributed by atoms with Crippen LogP contribution >= 0.6 is 0 Å². The van der Waals surface area contributed by atoms with Crippen LogP contribution in [0.15, 0.2) is 97.1 Å². The lowest BCUT2D eigenvalue weighted by atomic mass is 9.99. The summed E-state index contributed by atoms with van der Waals surface area (Å²) in [5.74, 6) is -0.184. The van der Waals surface area contributed by atoms with E-state index < -0.39 is 24.3 Å². The number of amides is 5. The molecule has 2 fully saturated rings. The third-order valence-corrected chi connectivity index (χ3v) is 8.78. The highest BCUT2D eigenvalue weighted by molar-refractivity contribution is 5.92. The van der Waals surface area contributed by atoms with E-state index in [0.717, 1.165) is 27.5 Å². The summed E-state index contributed by atoms with van der Waals surface area (Å²) in [6, 6.07) is 30.8. The van der Waals surface area contributed by atoms with Crippen molar-refractivity contribution in [1.82, 2.24) is 30.0 Å². The van der Waals surface area contributed by atoms with E-state index >= 15 is 0 Å². The lowest BCUT2D eigenvalue weighted by molar-refractivity contribution is -0.157. The first kappa shape index (κ1) is 33.0. The average molecular weight is 660 g/mol. The summed E-state index contributed by atoms with van der Waals surface area (Å²) in [4.78, 5) is 58.3. The maximum absolute atomic E-state index is 14.3. The molecule has 6 rings (SSSR count). The third-order valence-electron chi connectivity index (χ3n) is 8.78. The molecular formula is C37H37N7O5. The number of nitrogens with one attached hydrogen (secondary N) is 1. The maximum atomic E-state index is 14.3. The van der Waals surface area contributed by atoms with Crippen molar-refractivity contribution in [2.75, 3.05) is 33.7 Å². The molecule has 12 heteroatoms.